The molecule has 0 aliphatic heterocycles. The third-order valence-corrected chi connectivity index (χ3v) is 5.91. The van der Waals surface area contributed by atoms with Gasteiger partial charge in [0.25, 0.3) is 0 Å². The highest BCUT2D eigenvalue weighted by Crippen LogP contribution is 2.34. The van der Waals surface area contributed by atoms with E-state index >= 15 is 0 Å². The molecule has 0 heterocycles. The summed E-state index contributed by atoms with van der Waals surface area (Å²) in [6, 6.07) is 4.44. The maximum absolute atomic E-state index is 12.4. The number of halogens is 1. The number of methoxy groups -OCH3 is 1. The number of hydrogen-bond acceptors (Lipinski definition) is 4. The highest BCUT2D eigenvalue weighted by molar-refractivity contribution is 7.89. The standard InChI is InChI=1S/C13H17ClN2O3S2/c1-19-13(5-2-6-13)8-16-21(17,18)11-7-9(12(15)20)3-4-10(11)14/h3-4,7,16H,2,5-6,8H2,1H3,(H2,15,20). The van der Waals surface area contributed by atoms with Crippen LogP contribution in [0.3, 0.4) is 0 Å². The lowest BCUT2D eigenvalue weighted by molar-refractivity contribution is -0.0659. The van der Waals surface area contributed by atoms with Gasteiger partial charge in [0, 0.05) is 19.2 Å². The van der Waals surface area contributed by atoms with E-state index in [0.29, 0.717) is 5.56 Å². The smallest absolute Gasteiger partial charge is 0.242 e. The topological polar surface area (TPSA) is 81.4 Å². The molecule has 1 aliphatic carbocycles. The number of nitrogens with two attached hydrogens (primary N) is 1. The largest absolute Gasteiger partial charge is 0.389 e. The fourth-order valence-corrected chi connectivity index (χ4v) is 3.96. The van der Waals surface area contributed by atoms with Gasteiger partial charge in [-0.15, -0.1) is 0 Å². The van der Waals surface area contributed by atoms with Gasteiger partial charge in [-0.3, -0.25) is 0 Å². The number of thiocarbonyl (C=S) groups is 1. The van der Waals surface area contributed by atoms with Gasteiger partial charge in [-0.25, -0.2) is 13.1 Å². The first-order valence-corrected chi connectivity index (χ1v) is 8.71. The van der Waals surface area contributed by atoms with E-state index in [4.69, 9.17) is 34.3 Å². The third-order valence-electron chi connectivity index (χ3n) is 3.79. The molecule has 0 radical (unpaired) electrons. The first kappa shape index (κ1) is 16.6. The third kappa shape index (κ3) is 3.54. The molecular weight excluding hydrogens is 332 g/mol. The summed E-state index contributed by atoms with van der Waals surface area (Å²) in [4.78, 5) is 0.0931. The van der Waals surface area contributed by atoms with Crippen LogP contribution in [-0.2, 0) is 14.8 Å². The molecule has 1 aromatic carbocycles. The van der Waals surface area contributed by atoms with E-state index < -0.39 is 15.6 Å². The van der Waals surface area contributed by atoms with Crippen LogP contribution in [0.2, 0.25) is 5.02 Å². The van der Waals surface area contributed by atoms with Crippen LogP contribution in [0, 0.1) is 0 Å². The average molecular weight is 349 g/mol. The van der Waals surface area contributed by atoms with E-state index in [0.717, 1.165) is 19.3 Å². The molecule has 2 rings (SSSR count). The van der Waals surface area contributed by atoms with E-state index in [9.17, 15) is 8.42 Å². The van der Waals surface area contributed by atoms with Gasteiger partial charge in [0.15, 0.2) is 0 Å². The Morgan fingerprint density at radius 1 is 1.52 bits per heavy atom. The Hall–Kier alpha value is -0.730. The van der Waals surface area contributed by atoms with Crippen LogP contribution in [0.4, 0.5) is 0 Å². The molecule has 3 N–H and O–H groups in total. The van der Waals surface area contributed by atoms with Crippen molar-refractivity contribution in [2.24, 2.45) is 5.73 Å². The Labute approximate surface area is 134 Å². The number of ether oxygens (including phenoxy) is 1. The zero-order valence-electron chi connectivity index (χ0n) is 11.6. The molecule has 1 aliphatic rings. The molecule has 0 unspecified atom stereocenters. The first-order valence-electron chi connectivity index (χ1n) is 6.44. The van der Waals surface area contributed by atoms with E-state index in [2.05, 4.69) is 4.72 Å². The molecule has 0 bridgehead atoms. The molecule has 1 fully saturated rings. The summed E-state index contributed by atoms with van der Waals surface area (Å²) in [6.45, 7) is 0.222. The van der Waals surface area contributed by atoms with Gasteiger partial charge in [0.2, 0.25) is 10.0 Å². The molecule has 0 aromatic heterocycles. The van der Waals surface area contributed by atoms with Gasteiger partial charge in [0.05, 0.1) is 10.6 Å². The molecule has 5 nitrogen and oxygen atoms in total. The summed E-state index contributed by atoms with van der Waals surface area (Å²) in [7, 11) is -2.15. The lowest BCUT2D eigenvalue weighted by atomic mass is 9.80. The maximum Gasteiger partial charge on any atom is 0.242 e. The van der Waals surface area contributed by atoms with Crippen molar-refractivity contribution in [2.75, 3.05) is 13.7 Å². The van der Waals surface area contributed by atoms with Gasteiger partial charge in [-0.05, 0) is 31.4 Å². The van der Waals surface area contributed by atoms with Gasteiger partial charge in [-0.1, -0.05) is 29.9 Å². The Morgan fingerprint density at radius 3 is 2.67 bits per heavy atom. The molecule has 0 saturated heterocycles. The first-order chi connectivity index (χ1) is 9.80. The molecular formula is C13H17ClN2O3S2. The SMILES string of the molecule is COC1(CNS(=O)(=O)c2cc(C(N)=S)ccc2Cl)CCC1. The van der Waals surface area contributed by atoms with Crippen molar-refractivity contribution in [3.63, 3.8) is 0 Å². The van der Waals surface area contributed by atoms with Gasteiger partial charge >= 0.3 is 0 Å². The van der Waals surface area contributed by atoms with Crippen LogP contribution in [0.5, 0.6) is 0 Å². The van der Waals surface area contributed by atoms with Crippen molar-refractivity contribution < 1.29 is 13.2 Å². The van der Waals surface area contributed by atoms with Crippen LogP contribution in [0.15, 0.2) is 23.1 Å². The van der Waals surface area contributed by atoms with Crippen LogP contribution < -0.4 is 10.5 Å². The number of benzene rings is 1. The normalized spacial score (nSPS) is 17.2. The van der Waals surface area contributed by atoms with Gasteiger partial charge < -0.3 is 10.5 Å². The van der Waals surface area contributed by atoms with Crippen molar-refractivity contribution in [3.05, 3.63) is 28.8 Å². The quantitative estimate of drug-likeness (QED) is 0.766. The van der Waals surface area contributed by atoms with Crippen molar-refractivity contribution in [2.45, 2.75) is 29.8 Å². The molecule has 8 heteroatoms. The van der Waals surface area contributed by atoms with Gasteiger partial charge in [-0.2, -0.15) is 0 Å². The van der Waals surface area contributed by atoms with Crippen LogP contribution in [-0.4, -0.2) is 32.7 Å². The lowest BCUT2D eigenvalue weighted by Crippen LogP contribution is -2.49. The van der Waals surface area contributed by atoms with Crippen LogP contribution in [0.25, 0.3) is 0 Å². The maximum atomic E-state index is 12.4. The van der Waals surface area contributed by atoms with Crippen LogP contribution in [0.1, 0.15) is 24.8 Å². The van der Waals surface area contributed by atoms with Crippen LogP contribution >= 0.6 is 23.8 Å². The molecule has 0 atom stereocenters. The second kappa shape index (κ2) is 6.18. The summed E-state index contributed by atoms with van der Waals surface area (Å²) in [5.74, 6) is 0. The van der Waals surface area contributed by atoms with Crippen molar-refractivity contribution in [1.29, 1.82) is 0 Å². The Bertz CT molecular complexity index is 652. The number of hydrogen-bond donors (Lipinski definition) is 2. The minimum atomic E-state index is -3.74. The van der Waals surface area contributed by atoms with Crippen molar-refractivity contribution >= 4 is 38.8 Å². The summed E-state index contributed by atoms with van der Waals surface area (Å²) in [5, 5.41) is 0.127. The lowest BCUT2D eigenvalue weighted by Gasteiger charge is -2.40. The van der Waals surface area contributed by atoms with E-state index in [1.807, 2.05) is 0 Å². The Morgan fingerprint density at radius 2 is 2.19 bits per heavy atom. The average Bonchev–Trinajstić information content (AvgIpc) is 2.38. The fourth-order valence-electron chi connectivity index (χ4n) is 2.19. The number of nitrogens with one attached hydrogen (secondary N) is 1. The van der Waals surface area contributed by atoms with E-state index in [1.165, 1.54) is 12.1 Å². The molecule has 116 valence electrons. The predicted octanol–water partition coefficient (Wildman–Crippen LogP) is 1.82. The highest BCUT2D eigenvalue weighted by Gasteiger charge is 2.38. The Balaban J connectivity index is 2.23. The second-order valence-corrected chi connectivity index (χ2v) is 7.66. The molecule has 21 heavy (non-hydrogen) atoms. The molecule has 1 aromatic rings. The number of rotatable bonds is 6. The Kier molecular flexibility index (Phi) is 4.89. The minimum absolute atomic E-state index is 0.0277. The van der Waals surface area contributed by atoms with Crippen molar-refractivity contribution in [1.82, 2.24) is 4.72 Å². The van der Waals surface area contributed by atoms with Crippen molar-refractivity contribution in [3.8, 4) is 0 Å². The predicted molar refractivity (Wildman–Crippen MR) is 86.1 cm³/mol. The van der Waals surface area contributed by atoms with Gasteiger partial charge in [0.1, 0.15) is 9.88 Å². The van der Waals surface area contributed by atoms with E-state index in [1.54, 1.807) is 13.2 Å². The highest BCUT2D eigenvalue weighted by atomic mass is 35.5. The summed E-state index contributed by atoms with van der Waals surface area (Å²) in [6.07, 6.45) is 2.71. The summed E-state index contributed by atoms with van der Waals surface area (Å²) in [5.41, 5.74) is 5.58. The second-order valence-electron chi connectivity index (χ2n) is 5.07. The number of sulfonamides is 1. The monoisotopic (exact) mass is 348 g/mol. The molecule has 0 amide bonds. The summed E-state index contributed by atoms with van der Waals surface area (Å²) < 4.78 is 32.7. The van der Waals surface area contributed by atoms with E-state index in [-0.39, 0.29) is 21.5 Å². The molecule has 1 saturated carbocycles. The minimum Gasteiger partial charge on any atom is -0.389 e. The summed E-state index contributed by atoms with van der Waals surface area (Å²) >= 11 is 10.8. The molecule has 0 spiro atoms. The fraction of sp³-hybridized carbons (Fsp3) is 0.462. The zero-order chi connectivity index (χ0) is 15.7. The zero-order valence-corrected chi connectivity index (χ0v) is 13.9.